The van der Waals surface area contributed by atoms with Crippen LogP contribution in [0, 0.1) is 17.3 Å². The van der Waals surface area contributed by atoms with E-state index in [1.165, 1.54) is 16.9 Å². The molecule has 2 heterocycles. The lowest BCUT2D eigenvalue weighted by molar-refractivity contribution is 0.584. The third kappa shape index (κ3) is 2.59. The maximum absolute atomic E-state index is 12.8. The molecule has 0 atom stereocenters. The predicted molar refractivity (Wildman–Crippen MR) is 74.3 cm³/mol. The van der Waals surface area contributed by atoms with Crippen molar-refractivity contribution in [3.63, 3.8) is 0 Å². The molecule has 0 saturated heterocycles. The van der Waals surface area contributed by atoms with Crippen molar-refractivity contribution < 1.29 is 4.39 Å². The fraction of sp³-hybridized carbons (Fsp3) is 0. The zero-order chi connectivity index (χ0) is 14.8. The van der Waals surface area contributed by atoms with Gasteiger partial charge in [0.25, 0.3) is 0 Å². The lowest BCUT2D eigenvalue weighted by Gasteiger charge is -2.02. The summed E-state index contributed by atoms with van der Waals surface area (Å²) >= 11 is 5.86. The minimum Gasteiger partial charge on any atom is -0.228 e. The van der Waals surface area contributed by atoms with Crippen LogP contribution in [-0.4, -0.2) is 20.0 Å². The van der Waals surface area contributed by atoms with Crippen LogP contribution in [0.2, 0.25) is 5.02 Å². The van der Waals surface area contributed by atoms with Gasteiger partial charge in [-0.15, -0.1) is 5.10 Å². The molecule has 0 aliphatic carbocycles. The first kappa shape index (κ1) is 13.2. The van der Waals surface area contributed by atoms with Crippen molar-refractivity contribution in [1.29, 1.82) is 5.26 Å². The Hall–Kier alpha value is -2.78. The standard InChI is InChI=1S/C14H7ClFN5/c15-11-2-3-13(10(5-11)6-17)21-8-12(19-20-21)9-1-4-14(16)18-7-9/h1-5,7-8H. The Morgan fingerprint density at radius 2 is 2.10 bits per heavy atom. The second-order valence-electron chi connectivity index (χ2n) is 4.19. The number of nitrogens with zero attached hydrogens (tertiary/aromatic N) is 5. The van der Waals surface area contributed by atoms with Crippen LogP contribution in [0.3, 0.4) is 0 Å². The second-order valence-corrected chi connectivity index (χ2v) is 4.63. The molecule has 5 nitrogen and oxygen atoms in total. The van der Waals surface area contributed by atoms with E-state index >= 15 is 0 Å². The maximum Gasteiger partial charge on any atom is 0.212 e. The van der Waals surface area contributed by atoms with Crippen LogP contribution in [0.5, 0.6) is 0 Å². The van der Waals surface area contributed by atoms with Crippen LogP contribution in [0.4, 0.5) is 4.39 Å². The van der Waals surface area contributed by atoms with E-state index in [0.29, 0.717) is 27.5 Å². The number of rotatable bonds is 2. The summed E-state index contributed by atoms with van der Waals surface area (Å²) in [6, 6.07) is 9.76. The summed E-state index contributed by atoms with van der Waals surface area (Å²) in [4.78, 5) is 3.57. The van der Waals surface area contributed by atoms with Crippen LogP contribution in [0.15, 0.2) is 42.7 Å². The molecule has 3 aromatic rings. The minimum absolute atomic E-state index is 0.385. The Balaban J connectivity index is 2.03. The highest BCUT2D eigenvalue weighted by atomic mass is 35.5. The SMILES string of the molecule is N#Cc1cc(Cl)ccc1-n1cc(-c2ccc(F)nc2)nn1. The van der Waals surface area contributed by atoms with Gasteiger partial charge < -0.3 is 0 Å². The van der Waals surface area contributed by atoms with Gasteiger partial charge in [-0.25, -0.2) is 9.67 Å². The fourth-order valence-electron chi connectivity index (χ4n) is 1.84. The predicted octanol–water partition coefficient (Wildman–Crippen LogP) is 2.99. The molecular weight excluding hydrogens is 293 g/mol. The van der Waals surface area contributed by atoms with Gasteiger partial charge in [-0.3, -0.25) is 0 Å². The van der Waals surface area contributed by atoms with Crippen molar-refractivity contribution in [2.45, 2.75) is 0 Å². The average Bonchev–Trinajstić information content (AvgIpc) is 2.97. The summed E-state index contributed by atoms with van der Waals surface area (Å²) in [5.74, 6) is -0.560. The monoisotopic (exact) mass is 299 g/mol. The Kier molecular flexibility index (Phi) is 3.34. The van der Waals surface area contributed by atoms with Gasteiger partial charge >= 0.3 is 0 Å². The highest BCUT2D eigenvalue weighted by molar-refractivity contribution is 6.30. The lowest BCUT2D eigenvalue weighted by Crippen LogP contribution is -1.98. The van der Waals surface area contributed by atoms with Crippen LogP contribution in [-0.2, 0) is 0 Å². The van der Waals surface area contributed by atoms with Gasteiger partial charge in [0.1, 0.15) is 11.8 Å². The molecule has 0 spiro atoms. The highest BCUT2D eigenvalue weighted by Gasteiger charge is 2.10. The number of hydrogen-bond donors (Lipinski definition) is 0. The molecule has 3 rings (SSSR count). The summed E-state index contributed by atoms with van der Waals surface area (Å²) < 4.78 is 14.3. The number of halogens is 2. The van der Waals surface area contributed by atoms with Gasteiger partial charge in [0.15, 0.2) is 0 Å². The number of benzene rings is 1. The number of pyridine rings is 1. The number of nitriles is 1. The minimum atomic E-state index is -0.560. The average molecular weight is 300 g/mol. The topological polar surface area (TPSA) is 67.4 Å². The summed E-state index contributed by atoms with van der Waals surface area (Å²) in [6.07, 6.45) is 3.01. The molecule has 102 valence electrons. The molecule has 21 heavy (non-hydrogen) atoms. The fourth-order valence-corrected chi connectivity index (χ4v) is 2.01. The quantitative estimate of drug-likeness (QED) is 0.682. The van der Waals surface area contributed by atoms with Gasteiger partial charge in [-0.2, -0.15) is 9.65 Å². The van der Waals surface area contributed by atoms with Crippen molar-refractivity contribution in [3.8, 4) is 23.0 Å². The Morgan fingerprint density at radius 1 is 1.24 bits per heavy atom. The molecule has 0 radical (unpaired) electrons. The molecule has 2 aromatic heterocycles. The third-order valence-corrected chi connectivity index (χ3v) is 3.08. The maximum atomic E-state index is 12.8. The normalized spacial score (nSPS) is 10.3. The third-order valence-electron chi connectivity index (χ3n) is 2.84. The van der Waals surface area contributed by atoms with Gasteiger partial charge in [-0.1, -0.05) is 16.8 Å². The van der Waals surface area contributed by atoms with Gasteiger partial charge in [-0.05, 0) is 30.3 Å². The van der Waals surface area contributed by atoms with E-state index in [0.717, 1.165) is 0 Å². The van der Waals surface area contributed by atoms with E-state index in [9.17, 15) is 4.39 Å². The second kappa shape index (κ2) is 5.31. The van der Waals surface area contributed by atoms with E-state index in [-0.39, 0.29) is 0 Å². The van der Waals surface area contributed by atoms with Gasteiger partial charge in [0.2, 0.25) is 5.95 Å². The van der Waals surface area contributed by atoms with Crippen molar-refractivity contribution in [1.82, 2.24) is 20.0 Å². The molecule has 0 fully saturated rings. The number of aromatic nitrogens is 4. The van der Waals surface area contributed by atoms with Crippen LogP contribution in [0.25, 0.3) is 16.9 Å². The van der Waals surface area contributed by atoms with Crippen LogP contribution >= 0.6 is 11.6 Å². The first-order valence-corrected chi connectivity index (χ1v) is 6.29. The molecule has 0 aliphatic heterocycles. The Labute approximate surface area is 124 Å². The molecule has 0 N–H and O–H groups in total. The van der Waals surface area contributed by atoms with Crippen molar-refractivity contribution >= 4 is 11.6 Å². The zero-order valence-corrected chi connectivity index (χ0v) is 11.3. The van der Waals surface area contributed by atoms with E-state index in [1.54, 1.807) is 30.5 Å². The molecule has 0 bridgehead atoms. The number of hydrogen-bond acceptors (Lipinski definition) is 4. The first-order chi connectivity index (χ1) is 10.2. The molecule has 0 amide bonds. The van der Waals surface area contributed by atoms with E-state index < -0.39 is 5.95 Å². The molecule has 1 aromatic carbocycles. The lowest BCUT2D eigenvalue weighted by atomic mass is 10.2. The van der Waals surface area contributed by atoms with Crippen LogP contribution < -0.4 is 0 Å². The van der Waals surface area contributed by atoms with Crippen molar-refractivity contribution in [3.05, 3.63) is 59.3 Å². The summed E-state index contributed by atoms with van der Waals surface area (Å²) in [6.45, 7) is 0. The van der Waals surface area contributed by atoms with Crippen LogP contribution in [0.1, 0.15) is 5.56 Å². The Morgan fingerprint density at radius 3 is 2.81 bits per heavy atom. The summed E-state index contributed by atoms with van der Waals surface area (Å²) in [7, 11) is 0. The molecular formula is C14H7ClFN5. The van der Waals surface area contributed by atoms with Crippen molar-refractivity contribution in [2.24, 2.45) is 0 Å². The van der Waals surface area contributed by atoms with E-state index in [4.69, 9.17) is 16.9 Å². The smallest absolute Gasteiger partial charge is 0.212 e. The van der Waals surface area contributed by atoms with Gasteiger partial charge in [0, 0.05) is 16.8 Å². The van der Waals surface area contributed by atoms with Gasteiger partial charge in [0.05, 0.1) is 17.4 Å². The Bertz CT molecular complexity index is 835. The molecule has 7 heteroatoms. The molecule has 0 unspecified atom stereocenters. The zero-order valence-electron chi connectivity index (χ0n) is 10.5. The van der Waals surface area contributed by atoms with E-state index in [2.05, 4.69) is 21.4 Å². The molecule has 0 saturated carbocycles. The molecule has 0 aliphatic rings. The van der Waals surface area contributed by atoms with Crippen molar-refractivity contribution in [2.75, 3.05) is 0 Å². The first-order valence-electron chi connectivity index (χ1n) is 5.91. The highest BCUT2D eigenvalue weighted by Crippen LogP contribution is 2.21. The van der Waals surface area contributed by atoms with E-state index in [1.807, 2.05) is 0 Å². The summed E-state index contributed by atoms with van der Waals surface area (Å²) in [5, 5.41) is 17.6. The largest absolute Gasteiger partial charge is 0.228 e. The summed E-state index contributed by atoms with van der Waals surface area (Å²) in [5.41, 5.74) is 2.11.